The van der Waals surface area contributed by atoms with Gasteiger partial charge in [0.1, 0.15) is 0 Å². The summed E-state index contributed by atoms with van der Waals surface area (Å²) in [5.74, 6) is 1.81. The van der Waals surface area contributed by atoms with E-state index >= 15 is 0 Å². The summed E-state index contributed by atoms with van der Waals surface area (Å²) in [5, 5.41) is 10.3. The Bertz CT molecular complexity index is 764. The molecule has 1 fully saturated rings. The van der Waals surface area contributed by atoms with Gasteiger partial charge < -0.3 is 9.84 Å². The number of fused-ring (bicyclic) bond motifs is 1. The van der Waals surface area contributed by atoms with E-state index in [0.717, 1.165) is 37.9 Å². The van der Waals surface area contributed by atoms with Crippen molar-refractivity contribution in [2.24, 2.45) is 0 Å². The van der Waals surface area contributed by atoms with Crippen molar-refractivity contribution in [1.29, 1.82) is 0 Å². The Labute approximate surface area is 139 Å². The molecule has 1 aliphatic rings. The molecule has 116 valence electrons. The molecule has 1 aromatic carbocycles. The summed E-state index contributed by atoms with van der Waals surface area (Å²) >= 11 is 5.26. The molecule has 1 aromatic heterocycles. The summed E-state index contributed by atoms with van der Waals surface area (Å²) in [6.45, 7) is 0. The minimum absolute atomic E-state index is 0.256. The number of nitrogens with zero attached hydrogens (tertiary/aromatic N) is 1. The van der Waals surface area contributed by atoms with E-state index in [-0.39, 0.29) is 5.56 Å². The van der Waals surface area contributed by atoms with Gasteiger partial charge in [-0.25, -0.2) is 9.59 Å². The third-order valence-electron chi connectivity index (χ3n) is 3.88. The van der Waals surface area contributed by atoms with E-state index in [9.17, 15) is 14.7 Å². The predicted octanol–water partition coefficient (Wildman–Crippen LogP) is 3.94. The van der Waals surface area contributed by atoms with Crippen molar-refractivity contribution >= 4 is 50.7 Å². The van der Waals surface area contributed by atoms with Gasteiger partial charge >= 0.3 is 12.1 Å². The van der Waals surface area contributed by atoms with Crippen LogP contribution in [0.3, 0.4) is 0 Å². The maximum atomic E-state index is 12.0. The molecule has 1 N–H and O–H groups in total. The molecule has 0 amide bonds. The fraction of sp³-hybridized carbons (Fsp3) is 0.333. The summed E-state index contributed by atoms with van der Waals surface area (Å²) in [4.78, 5) is 23.6. The second kappa shape index (κ2) is 5.96. The summed E-state index contributed by atoms with van der Waals surface area (Å²) < 4.78 is 6.66. The Balaban J connectivity index is 2.33. The molecule has 7 heteroatoms. The van der Waals surface area contributed by atoms with Gasteiger partial charge in [-0.1, -0.05) is 15.9 Å². The van der Waals surface area contributed by atoms with Crippen LogP contribution in [0.25, 0.3) is 10.9 Å². The molecule has 5 nitrogen and oxygen atoms in total. The lowest BCUT2D eigenvalue weighted by molar-refractivity contribution is 0.0602. The molecule has 1 saturated heterocycles. The van der Waals surface area contributed by atoms with Crippen molar-refractivity contribution in [3.05, 3.63) is 33.9 Å². The van der Waals surface area contributed by atoms with Gasteiger partial charge in [0.25, 0.3) is 0 Å². The molecule has 0 saturated carbocycles. The molecule has 1 unspecified atom stereocenters. The molecule has 0 radical (unpaired) electrons. The number of esters is 1. The van der Waals surface area contributed by atoms with Gasteiger partial charge in [-0.3, -0.25) is 4.57 Å². The van der Waals surface area contributed by atoms with E-state index in [1.807, 2.05) is 17.8 Å². The average Bonchev–Trinajstić information content (AvgIpc) is 3.12. The van der Waals surface area contributed by atoms with Crippen LogP contribution < -0.4 is 0 Å². The monoisotopic (exact) mass is 383 g/mol. The van der Waals surface area contributed by atoms with E-state index < -0.39 is 12.1 Å². The number of rotatable bonds is 2. The SMILES string of the molecule is COC(=O)c1cc(Br)cc2c(C3CCSC3)cn(C(=O)O)c12. The number of ether oxygens (including phenoxy) is 1. The molecule has 22 heavy (non-hydrogen) atoms. The van der Waals surface area contributed by atoms with Crippen molar-refractivity contribution in [2.75, 3.05) is 18.6 Å². The van der Waals surface area contributed by atoms with Crippen LogP contribution in [0.5, 0.6) is 0 Å². The highest BCUT2D eigenvalue weighted by Gasteiger charge is 2.26. The quantitative estimate of drug-likeness (QED) is 0.795. The van der Waals surface area contributed by atoms with Crippen molar-refractivity contribution in [3.63, 3.8) is 0 Å². The molecule has 3 rings (SSSR count). The first-order valence-corrected chi connectivity index (χ1v) is 8.71. The highest BCUT2D eigenvalue weighted by molar-refractivity contribution is 9.10. The van der Waals surface area contributed by atoms with Crippen LogP contribution in [0.4, 0.5) is 4.79 Å². The predicted molar refractivity (Wildman–Crippen MR) is 89.1 cm³/mol. The van der Waals surface area contributed by atoms with Crippen LogP contribution in [0.1, 0.15) is 28.3 Å². The van der Waals surface area contributed by atoms with Crippen LogP contribution in [0.2, 0.25) is 0 Å². The minimum Gasteiger partial charge on any atom is -0.465 e. The summed E-state index contributed by atoms with van der Waals surface area (Å²) in [6.07, 6.45) is 1.56. The third kappa shape index (κ3) is 2.52. The van der Waals surface area contributed by atoms with Crippen LogP contribution in [-0.2, 0) is 4.74 Å². The van der Waals surface area contributed by atoms with Gasteiger partial charge in [0.2, 0.25) is 0 Å². The Kier molecular flexibility index (Phi) is 4.18. The molecule has 0 bridgehead atoms. The number of hydrogen-bond acceptors (Lipinski definition) is 4. The highest BCUT2D eigenvalue weighted by atomic mass is 79.9. The van der Waals surface area contributed by atoms with Gasteiger partial charge in [0, 0.05) is 21.8 Å². The second-order valence-electron chi connectivity index (χ2n) is 5.14. The van der Waals surface area contributed by atoms with Gasteiger partial charge in [0.05, 0.1) is 18.2 Å². The van der Waals surface area contributed by atoms with E-state index in [2.05, 4.69) is 15.9 Å². The van der Waals surface area contributed by atoms with Gasteiger partial charge in [-0.2, -0.15) is 11.8 Å². The number of hydrogen-bond donors (Lipinski definition) is 1. The van der Waals surface area contributed by atoms with E-state index in [1.54, 1.807) is 12.3 Å². The number of halogens is 1. The zero-order valence-electron chi connectivity index (χ0n) is 11.8. The second-order valence-corrected chi connectivity index (χ2v) is 7.20. The Hall–Kier alpha value is -1.47. The van der Waals surface area contributed by atoms with Crippen LogP contribution in [-0.4, -0.2) is 40.4 Å². The van der Waals surface area contributed by atoms with E-state index in [4.69, 9.17) is 4.74 Å². The largest absolute Gasteiger partial charge is 0.465 e. The van der Waals surface area contributed by atoms with Gasteiger partial charge in [-0.15, -0.1) is 0 Å². The maximum Gasteiger partial charge on any atom is 0.416 e. The Morgan fingerprint density at radius 3 is 2.82 bits per heavy atom. The zero-order valence-corrected chi connectivity index (χ0v) is 14.2. The topological polar surface area (TPSA) is 68.5 Å². The lowest BCUT2D eigenvalue weighted by atomic mass is 9.97. The first-order valence-electron chi connectivity index (χ1n) is 6.76. The highest BCUT2D eigenvalue weighted by Crippen LogP contribution is 2.39. The molecule has 1 aliphatic heterocycles. The Morgan fingerprint density at radius 2 is 2.23 bits per heavy atom. The van der Waals surface area contributed by atoms with Crippen LogP contribution >= 0.6 is 27.7 Å². The third-order valence-corrected chi connectivity index (χ3v) is 5.50. The number of carbonyl (C=O) groups excluding carboxylic acids is 1. The summed E-state index contributed by atoms with van der Waals surface area (Å²) in [5.41, 5.74) is 1.63. The van der Waals surface area contributed by atoms with Crippen molar-refractivity contribution in [1.82, 2.24) is 4.57 Å². The first kappa shape index (κ1) is 15.4. The van der Waals surface area contributed by atoms with E-state index in [1.165, 1.54) is 7.11 Å². The molecule has 1 atom stereocenters. The maximum absolute atomic E-state index is 12.0. The number of carboxylic acid groups (broad SMARTS) is 1. The van der Waals surface area contributed by atoms with Gasteiger partial charge in [-0.05, 0) is 35.8 Å². The van der Waals surface area contributed by atoms with Crippen LogP contribution in [0.15, 0.2) is 22.8 Å². The lowest BCUT2D eigenvalue weighted by Crippen LogP contribution is -2.10. The minimum atomic E-state index is -1.10. The molecule has 0 aliphatic carbocycles. The molecule has 2 heterocycles. The first-order chi connectivity index (χ1) is 10.5. The van der Waals surface area contributed by atoms with Crippen molar-refractivity contribution in [2.45, 2.75) is 12.3 Å². The molecular weight excluding hydrogens is 370 g/mol. The summed E-state index contributed by atoms with van der Waals surface area (Å²) in [6, 6.07) is 3.47. The fourth-order valence-corrected chi connectivity index (χ4v) is 4.58. The van der Waals surface area contributed by atoms with Gasteiger partial charge in [0.15, 0.2) is 0 Å². The average molecular weight is 384 g/mol. The summed E-state index contributed by atoms with van der Waals surface area (Å²) in [7, 11) is 1.29. The fourth-order valence-electron chi connectivity index (χ4n) is 2.87. The molecule has 2 aromatic rings. The standard InChI is InChI=1S/C15H14BrNO4S/c1-21-14(18)11-5-9(16)4-10-12(8-2-3-22-7-8)6-17(13(10)11)15(19)20/h4-6,8H,2-3,7H2,1H3,(H,19,20). The Morgan fingerprint density at radius 1 is 1.45 bits per heavy atom. The molecular formula is C15H14BrNO4S. The zero-order chi connectivity index (χ0) is 15.9. The number of aromatic nitrogens is 1. The van der Waals surface area contributed by atoms with Crippen molar-refractivity contribution in [3.8, 4) is 0 Å². The number of benzene rings is 1. The van der Waals surface area contributed by atoms with Crippen molar-refractivity contribution < 1.29 is 19.4 Å². The number of methoxy groups -OCH3 is 1. The number of thioether (sulfide) groups is 1. The van der Waals surface area contributed by atoms with E-state index in [0.29, 0.717) is 11.4 Å². The molecule has 0 spiro atoms. The number of carbonyl (C=O) groups is 2. The van der Waals surface area contributed by atoms with Crippen LogP contribution in [0, 0.1) is 0 Å². The lowest BCUT2D eigenvalue weighted by Gasteiger charge is -2.08. The smallest absolute Gasteiger partial charge is 0.416 e. The normalized spacial score (nSPS) is 17.8.